The molecular weight excluding hydrogens is 170 g/mol. The Bertz CT molecular complexity index is 211. The molecule has 4 nitrogen and oxygen atoms in total. The van der Waals surface area contributed by atoms with E-state index in [1.807, 2.05) is 6.92 Å². The lowest BCUT2D eigenvalue weighted by atomic mass is 9.91. The number of piperidine rings is 1. The highest BCUT2D eigenvalue weighted by Gasteiger charge is 2.44. The number of amides is 1. The van der Waals surface area contributed by atoms with Gasteiger partial charge in [0.15, 0.2) is 5.79 Å². The second-order valence-corrected chi connectivity index (χ2v) is 3.70. The Morgan fingerprint density at radius 3 is 2.77 bits per heavy atom. The molecule has 4 heteroatoms. The molecule has 13 heavy (non-hydrogen) atoms. The van der Waals surface area contributed by atoms with Crippen LogP contribution in [0.15, 0.2) is 0 Å². The fraction of sp³-hybridized carbons (Fsp3) is 0.889. The molecule has 2 aliphatic rings. The van der Waals surface area contributed by atoms with Crippen LogP contribution >= 0.6 is 0 Å². The van der Waals surface area contributed by atoms with Gasteiger partial charge < -0.3 is 14.8 Å². The first-order valence-corrected chi connectivity index (χ1v) is 4.78. The highest BCUT2D eigenvalue weighted by Crippen LogP contribution is 2.32. The van der Waals surface area contributed by atoms with Crippen LogP contribution in [0.3, 0.4) is 0 Å². The van der Waals surface area contributed by atoms with Gasteiger partial charge in [-0.25, -0.2) is 0 Å². The van der Waals surface area contributed by atoms with E-state index in [9.17, 15) is 4.79 Å². The van der Waals surface area contributed by atoms with Crippen LogP contribution in [0.25, 0.3) is 0 Å². The topological polar surface area (TPSA) is 47.6 Å². The lowest BCUT2D eigenvalue weighted by Crippen LogP contribution is -2.49. The Balaban J connectivity index is 2.08. The first-order valence-electron chi connectivity index (χ1n) is 4.78. The molecule has 1 amide bonds. The maximum Gasteiger partial charge on any atom is 0.228 e. The molecule has 1 atom stereocenters. The van der Waals surface area contributed by atoms with Gasteiger partial charge in [0.2, 0.25) is 5.91 Å². The molecule has 2 saturated heterocycles. The minimum absolute atomic E-state index is 0.0654. The van der Waals surface area contributed by atoms with Crippen LogP contribution in [0, 0.1) is 5.92 Å². The van der Waals surface area contributed by atoms with Gasteiger partial charge in [-0.05, 0) is 19.8 Å². The number of ether oxygens (including phenoxy) is 2. The zero-order valence-corrected chi connectivity index (χ0v) is 7.84. The second kappa shape index (κ2) is 3.27. The van der Waals surface area contributed by atoms with Crippen molar-refractivity contribution >= 4 is 5.91 Å². The third-order valence-corrected chi connectivity index (χ3v) is 2.78. The van der Waals surface area contributed by atoms with Crippen molar-refractivity contribution in [3.8, 4) is 0 Å². The highest BCUT2D eigenvalue weighted by atomic mass is 16.7. The number of nitrogens with one attached hydrogen (secondary N) is 1. The van der Waals surface area contributed by atoms with E-state index < -0.39 is 5.79 Å². The van der Waals surface area contributed by atoms with E-state index in [1.165, 1.54) is 0 Å². The van der Waals surface area contributed by atoms with Gasteiger partial charge in [-0.3, -0.25) is 4.79 Å². The van der Waals surface area contributed by atoms with Gasteiger partial charge in [0, 0.05) is 6.54 Å². The molecule has 0 radical (unpaired) electrons. The first kappa shape index (κ1) is 8.97. The van der Waals surface area contributed by atoms with Crippen molar-refractivity contribution in [1.29, 1.82) is 0 Å². The number of carbonyl (C=O) groups excluding carboxylic acids is 1. The summed E-state index contributed by atoms with van der Waals surface area (Å²) in [6.45, 7) is 3.83. The molecular formula is C9H15NO3. The molecule has 1 unspecified atom stereocenters. The van der Waals surface area contributed by atoms with Crippen molar-refractivity contribution in [2.45, 2.75) is 25.6 Å². The highest BCUT2D eigenvalue weighted by molar-refractivity contribution is 5.80. The lowest BCUT2D eigenvalue weighted by Gasteiger charge is -2.33. The van der Waals surface area contributed by atoms with Gasteiger partial charge in [0.05, 0.1) is 19.1 Å². The predicted molar refractivity (Wildman–Crippen MR) is 46.0 cm³/mol. The zero-order chi connectivity index (χ0) is 9.31. The monoisotopic (exact) mass is 185 g/mol. The Hall–Kier alpha value is -0.610. The molecule has 0 saturated carbocycles. The van der Waals surface area contributed by atoms with Crippen molar-refractivity contribution in [1.82, 2.24) is 5.32 Å². The average Bonchev–Trinajstić information content (AvgIpc) is 2.54. The van der Waals surface area contributed by atoms with E-state index in [1.54, 1.807) is 0 Å². The molecule has 0 aliphatic carbocycles. The number of rotatable bonds is 1. The first-order chi connectivity index (χ1) is 6.22. The Kier molecular flexibility index (Phi) is 2.26. The van der Waals surface area contributed by atoms with Gasteiger partial charge in [-0.2, -0.15) is 0 Å². The van der Waals surface area contributed by atoms with E-state index in [4.69, 9.17) is 9.47 Å². The van der Waals surface area contributed by atoms with Crippen LogP contribution in [0.1, 0.15) is 19.8 Å². The average molecular weight is 185 g/mol. The molecule has 0 aromatic heterocycles. The van der Waals surface area contributed by atoms with Crippen LogP contribution in [0.5, 0.6) is 0 Å². The van der Waals surface area contributed by atoms with E-state index in [0.717, 1.165) is 19.4 Å². The van der Waals surface area contributed by atoms with Crippen LogP contribution in [-0.4, -0.2) is 31.5 Å². The Morgan fingerprint density at radius 1 is 1.46 bits per heavy atom. The van der Waals surface area contributed by atoms with E-state index in [0.29, 0.717) is 13.2 Å². The standard InChI is InChI=1S/C9H15NO3/c1-9(12-5-6-13-9)7-3-2-4-10-8(7)11/h7H,2-6H2,1H3,(H,10,11). The van der Waals surface area contributed by atoms with Crippen LogP contribution in [0.4, 0.5) is 0 Å². The van der Waals surface area contributed by atoms with E-state index in [-0.39, 0.29) is 11.8 Å². The predicted octanol–water partition coefficient (Wildman–Crippen LogP) is 0.276. The van der Waals surface area contributed by atoms with Crippen LogP contribution < -0.4 is 5.32 Å². The third-order valence-electron chi connectivity index (χ3n) is 2.78. The molecule has 0 aromatic rings. The maximum atomic E-state index is 11.5. The normalized spacial score (nSPS) is 33.0. The Labute approximate surface area is 77.6 Å². The summed E-state index contributed by atoms with van der Waals surface area (Å²) in [5.74, 6) is -0.746. The molecule has 2 heterocycles. The summed E-state index contributed by atoms with van der Waals surface area (Å²) >= 11 is 0. The summed E-state index contributed by atoms with van der Waals surface area (Å²) in [5, 5.41) is 2.84. The molecule has 2 rings (SSSR count). The van der Waals surface area contributed by atoms with Crippen LogP contribution in [0.2, 0.25) is 0 Å². The number of hydrogen-bond donors (Lipinski definition) is 1. The quantitative estimate of drug-likeness (QED) is 0.638. The molecule has 0 spiro atoms. The van der Waals surface area contributed by atoms with Crippen molar-refractivity contribution < 1.29 is 14.3 Å². The van der Waals surface area contributed by atoms with Gasteiger partial charge in [-0.15, -0.1) is 0 Å². The molecule has 0 bridgehead atoms. The van der Waals surface area contributed by atoms with Crippen LogP contribution in [-0.2, 0) is 14.3 Å². The number of carbonyl (C=O) groups is 1. The zero-order valence-electron chi connectivity index (χ0n) is 7.84. The van der Waals surface area contributed by atoms with Crippen molar-refractivity contribution in [2.24, 2.45) is 5.92 Å². The van der Waals surface area contributed by atoms with E-state index in [2.05, 4.69) is 5.32 Å². The molecule has 74 valence electrons. The smallest absolute Gasteiger partial charge is 0.228 e. The largest absolute Gasteiger partial charge is 0.356 e. The van der Waals surface area contributed by atoms with Crippen molar-refractivity contribution in [3.63, 3.8) is 0 Å². The molecule has 1 N–H and O–H groups in total. The summed E-state index contributed by atoms with van der Waals surface area (Å²) < 4.78 is 10.9. The maximum absolute atomic E-state index is 11.5. The summed E-state index contributed by atoms with van der Waals surface area (Å²) in [7, 11) is 0. The third kappa shape index (κ3) is 1.56. The van der Waals surface area contributed by atoms with Crippen molar-refractivity contribution in [3.05, 3.63) is 0 Å². The SMILES string of the molecule is CC1(C2CCCNC2=O)OCCO1. The fourth-order valence-corrected chi connectivity index (χ4v) is 2.00. The second-order valence-electron chi connectivity index (χ2n) is 3.70. The summed E-state index contributed by atoms with van der Waals surface area (Å²) in [6.07, 6.45) is 1.88. The van der Waals surface area contributed by atoms with Gasteiger partial charge >= 0.3 is 0 Å². The lowest BCUT2D eigenvalue weighted by molar-refractivity contribution is -0.190. The molecule has 2 fully saturated rings. The van der Waals surface area contributed by atoms with Gasteiger partial charge in [0.1, 0.15) is 0 Å². The molecule has 0 aromatic carbocycles. The summed E-state index contributed by atoms with van der Waals surface area (Å²) in [6, 6.07) is 0. The van der Waals surface area contributed by atoms with Crippen molar-refractivity contribution in [2.75, 3.05) is 19.8 Å². The van der Waals surface area contributed by atoms with Gasteiger partial charge in [0.25, 0.3) is 0 Å². The summed E-state index contributed by atoms with van der Waals surface area (Å²) in [4.78, 5) is 11.5. The fourth-order valence-electron chi connectivity index (χ4n) is 2.00. The Morgan fingerprint density at radius 2 is 2.15 bits per heavy atom. The number of hydrogen-bond acceptors (Lipinski definition) is 3. The van der Waals surface area contributed by atoms with E-state index >= 15 is 0 Å². The summed E-state index contributed by atoms with van der Waals surface area (Å²) in [5.41, 5.74) is 0. The minimum atomic E-state index is -0.676. The van der Waals surface area contributed by atoms with Gasteiger partial charge in [-0.1, -0.05) is 0 Å². The minimum Gasteiger partial charge on any atom is -0.356 e. The molecule has 2 aliphatic heterocycles.